The van der Waals surface area contributed by atoms with Gasteiger partial charge in [-0.3, -0.25) is 14.5 Å². The maximum Gasteiger partial charge on any atom is 0.400 e. The smallest absolute Gasteiger partial charge is 0.400 e. The molecule has 10 heteroatoms. The van der Waals surface area contributed by atoms with Crippen LogP contribution < -0.4 is 10.4 Å². The minimum Gasteiger partial charge on any atom is -0.405 e. The van der Waals surface area contributed by atoms with Crippen molar-refractivity contribution in [3.8, 4) is 0 Å². The van der Waals surface area contributed by atoms with E-state index < -0.39 is 53.8 Å². The molecule has 3 aromatic carbocycles. The van der Waals surface area contributed by atoms with Crippen LogP contribution in [0.3, 0.4) is 0 Å². The standard InChI is InChI=1S/C42H57NO7SSi/c1-5-6-7-8-9-10-11-12-13-14-15-22-31-38-39(50-51(46,47)49-38)37(43-40(44)35-29-23-24-30-36(35)41(43)45)32-48-52(42(2,3)4,33-25-18-16-19-26-33)34-27-20-17-21-28-34/h16-21,23-30,37-39H,5-15,22,31-32H2,1-4H3/t37-,38+,39+/m0/s1. The van der Waals surface area contributed by atoms with E-state index in [0.29, 0.717) is 6.42 Å². The van der Waals surface area contributed by atoms with Gasteiger partial charge in [-0.25, -0.2) is 8.37 Å². The molecule has 0 aliphatic carbocycles. The maximum absolute atomic E-state index is 14.0. The first kappa shape index (κ1) is 40.0. The molecule has 0 N–H and O–H groups in total. The van der Waals surface area contributed by atoms with Gasteiger partial charge >= 0.3 is 10.4 Å². The summed E-state index contributed by atoms with van der Waals surface area (Å²) in [6.07, 6.45) is 12.6. The maximum atomic E-state index is 14.0. The van der Waals surface area contributed by atoms with Gasteiger partial charge in [0.2, 0.25) is 0 Å². The topological polar surface area (TPSA) is 99.2 Å². The first-order valence-electron chi connectivity index (χ1n) is 19.3. The third kappa shape index (κ3) is 9.31. The Labute approximate surface area is 312 Å². The van der Waals surface area contributed by atoms with Crippen LogP contribution in [0.25, 0.3) is 0 Å². The Morgan fingerprint density at radius 1 is 0.673 bits per heavy atom. The van der Waals surface area contributed by atoms with E-state index in [1.165, 1.54) is 51.4 Å². The lowest BCUT2D eigenvalue weighted by Crippen LogP contribution is -2.68. The van der Waals surface area contributed by atoms with E-state index in [1.54, 1.807) is 24.3 Å². The van der Waals surface area contributed by atoms with E-state index >= 15 is 0 Å². The lowest BCUT2D eigenvalue weighted by molar-refractivity contribution is 0.0181. The molecule has 2 amide bonds. The van der Waals surface area contributed by atoms with Gasteiger partial charge in [0.25, 0.3) is 20.1 Å². The van der Waals surface area contributed by atoms with E-state index in [-0.39, 0.29) is 17.7 Å². The number of fused-ring (bicyclic) bond motifs is 1. The van der Waals surface area contributed by atoms with E-state index in [9.17, 15) is 18.0 Å². The first-order chi connectivity index (χ1) is 25.0. The molecular weight excluding hydrogens is 691 g/mol. The van der Waals surface area contributed by atoms with Crippen molar-refractivity contribution in [3.63, 3.8) is 0 Å². The lowest BCUT2D eigenvalue weighted by atomic mass is 9.98. The third-order valence-electron chi connectivity index (χ3n) is 10.6. The van der Waals surface area contributed by atoms with Crippen molar-refractivity contribution in [1.82, 2.24) is 4.90 Å². The Morgan fingerprint density at radius 3 is 1.58 bits per heavy atom. The second-order valence-electron chi connectivity index (χ2n) is 15.3. The Bertz CT molecular complexity index is 1640. The molecular formula is C42H57NO7SSi. The number of imide groups is 1. The van der Waals surface area contributed by atoms with E-state index in [0.717, 1.165) is 41.0 Å². The highest BCUT2D eigenvalue weighted by Crippen LogP contribution is 2.39. The molecule has 0 radical (unpaired) electrons. The largest absolute Gasteiger partial charge is 0.405 e. The van der Waals surface area contributed by atoms with Crippen molar-refractivity contribution in [1.29, 1.82) is 0 Å². The van der Waals surface area contributed by atoms with Crippen LogP contribution in [-0.2, 0) is 23.2 Å². The number of nitrogens with zero attached hydrogens (tertiary/aromatic N) is 1. The number of benzene rings is 3. The zero-order chi connectivity index (χ0) is 37.2. The van der Waals surface area contributed by atoms with Gasteiger partial charge in [0.1, 0.15) is 12.2 Å². The number of unbranched alkanes of at least 4 members (excludes halogenated alkanes) is 11. The van der Waals surface area contributed by atoms with Gasteiger partial charge in [-0.15, -0.1) is 0 Å². The fourth-order valence-corrected chi connectivity index (χ4v) is 13.6. The van der Waals surface area contributed by atoms with Crippen LogP contribution >= 0.6 is 0 Å². The van der Waals surface area contributed by atoms with Crippen molar-refractivity contribution >= 4 is 40.9 Å². The number of hydrogen-bond donors (Lipinski definition) is 0. The summed E-state index contributed by atoms with van der Waals surface area (Å²) in [6.45, 7) is 8.55. The molecule has 2 aliphatic rings. The molecule has 282 valence electrons. The number of carbonyl (C=O) groups excluding carboxylic acids is 2. The summed E-state index contributed by atoms with van der Waals surface area (Å²) in [5.74, 6) is -0.984. The van der Waals surface area contributed by atoms with E-state index in [1.807, 2.05) is 36.4 Å². The van der Waals surface area contributed by atoms with E-state index in [2.05, 4.69) is 52.0 Å². The molecule has 1 fully saturated rings. The molecule has 2 heterocycles. The normalized spacial score (nSPS) is 19.3. The first-order valence-corrected chi connectivity index (χ1v) is 22.6. The summed E-state index contributed by atoms with van der Waals surface area (Å²) in [4.78, 5) is 29.2. The number of amides is 2. The summed E-state index contributed by atoms with van der Waals surface area (Å²) < 4.78 is 44.5. The van der Waals surface area contributed by atoms with Crippen LogP contribution in [0.2, 0.25) is 5.04 Å². The zero-order valence-corrected chi connectivity index (χ0v) is 33.2. The van der Waals surface area contributed by atoms with Gasteiger partial charge in [-0.2, -0.15) is 8.42 Å². The van der Waals surface area contributed by atoms with Crippen LogP contribution in [0.4, 0.5) is 0 Å². The molecule has 0 bridgehead atoms. The minimum absolute atomic E-state index is 0.128. The third-order valence-corrected chi connectivity index (χ3v) is 16.5. The predicted octanol–water partition coefficient (Wildman–Crippen LogP) is 8.35. The van der Waals surface area contributed by atoms with Crippen LogP contribution in [0.1, 0.15) is 132 Å². The number of carbonyl (C=O) groups is 2. The molecule has 1 saturated heterocycles. The predicted molar refractivity (Wildman–Crippen MR) is 209 cm³/mol. The van der Waals surface area contributed by atoms with Gasteiger partial charge in [0.15, 0.2) is 0 Å². The fourth-order valence-electron chi connectivity index (χ4n) is 7.94. The summed E-state index contributed by atoms with van der Waals surface area (Å²) in [6, 6.07) is 25.8. The van der Waals surface area contributed by atoms with Gasteiger partial charge < -0.3 is 4.43 Å². The fraction of sp³-hybridized carbons (Fsp3) is 0.524. The van der Waals surface area contributed by atoms with Crippen LogP contribution in [0.5, 0.6) is 0 Å². The number of hydrogen-bond acceptors (Lipinski definition) is 7. The lowest BCUT2D eigenvalue weighted by Gasteiger charge is -2.44. The highest BCUT2D eigenvalue weighted by atomic mass is 32.3. The second kappa shape index (κ2) is 18.3. The molecule has 0 unspecified atom stereocenters. The Hall–Kier alpha value is -3.15. The van der Waals surface area contributed by atoms with Crippen molar-refractivity contribution < 1.29 is 30.8 Å². The SMILES string of the molecule is CCCCCCCCCCCCCC[C@H]1OS(=O)(=O)O[C@@H]1[C@H](CO[Si](c1ccccc1)(c1ccccc1)C(C)(C)C)N1C(=O)c2ccccc2C1=O. The molecule has 3 aromatic rings. The molecule has 5 rings (SSSR count). The van der Waals surface area contributed by atoms with Crippen LogP contribution in [-0.4, -0.2) is 58.3 Å². The molecule has 3 atom stereocenters. The van der Waals surface area contributed by atoms with Crippen LogP contribution in [0, 0.1) is 0 Å². The summed E-state index contributed by atoms with van der Waals surface area (Å²) in [5.41, 5.74) is 0.560. The molecule has 0 aromatic heterocycles. The summed E-state index contributed by atoms with van der Waals surface area (Å²) >= 11 is 0. The van der Waals surface area contributed by atoms with Crippen molar-refractivity contribution in [2.75, 3.05) is 6.61 Å². The highest BCUT2D eigenvalue weighted by Gasteiger charge is 2.55. The summed E-state index contributed by atoms with van der Waals surface area (Å²) in [7, 11) is -7.52. The molecule has 2 aliphatic heterocycles. The molecule has 0 spiro atoms. The molecule has 52 heavy (non-hydrogen) atoms. The highest BCUT2D eigenvalue weighted by molar-refractivity contribution is 7.82. The van der Waals surface area contributed by atoms with E-state index in [4.69, 9.17) is 12.8 Å². The minimum atomic E-state index is -4.37. The average molecular weight is 748 g/mol. The Morgan fingerprint density at radius 2 is 1.12 bits per heavy atom. The van der Waals surface area contributed by atoms with Gasteiger partial charge in [-0.1, -0.05) is 178 Å². The summed E-state index contributed by atoms with van der Waals surface area (Å²) in [5, 5.41) is 1.66. The van der Waals surface area contributed by atoms with Gasteiger partial charge in [0.05, 0.1) is 23.8 Å². The molecule has 0 saturated carbocycles. The van der Waals surface area contributed by atoms with Crippen molar-refractivity contribution in [3.05, 3.63) is 96.1 Å². The monoisotopic (exact) mass is 747 g/mol. The van der Waals surface area contributed by atoms with Gasteiger partial charge in [-0.05, 0) is 34.0 Å². The second-order valence-corrected chi connectivity index (χ2v) is 20.9. The number of rotatable bonds is 20. The Balaban J connectivity index is 1.38. The molecule has 8 nitrogen and oxygen atoms in total. The van der Waals surface area contributed by atoms with Crippen molar-refractivity contribution in [2.24, 2.45) is 0 Å². The van der Waals surface area contributed by atoms with Crippen molar-refractivity contribution in [2.45, 2.75) is 134 Å². The van der Waals surface area contributed by atoms with Crippen LogP contribution in [0.15, 0.2) is 84.9 Å². The Kier molecular flexibility index (Phi) is 14.1. The quantitative estimate of drug-likeness (QED) is 0.0651. The zero-order valence-electron chi connectivity index (χ0n) is 31.4. The average Bonchev–Trinajstić information content (AvgIpc) is 3.58. The van der Waals surface area contributed by atoms with Gasteiger partial charge in [0, 0.05) is 0 Å².